The van der Waals surface area contributed by atoms with Crippen LogP contribution in [0.15, 0.2) is 12.1 Å². The number of hydrogen-bond acceptors (Lipinski definition) is 3. The van der Waals surface area contributed by atoms with Gasteiger partial charge in [0.2, 0.25) is 0 Å². The van der Waals surface area contributed by atoms with Crippen molar-refractivity contribution in [2.75, 3.05) is 18.0 Å². The van der Waals surface area contributed by atoms with E-state index in [0.717, 1.165) is 18.5 Å². The van der Waals surface area contributed by atoms with Gasteiger partial charge in [0.1, 0.15) is 5.82 Å². The third-order valence-corrected chi connectivity index (χ3v) is 4.53. The Labute approximate surface area is 116 Å². The van der Waals surface area contributed by atoms with Gasteiger partial charge in [-0.2, -0.15) is 0 Å². The molecule has 1 saturated heterocycles. The van der Waals surface area contributed by atoms with Crippen LogP contribution >= 0.6 is 0 Å². The number of rotatable bonds is 5. The molecule has 1 aromatic heterocycles. The smallest absolute Gasteiger partial charge is 0.128 e. The van der Waals surface area contributed by atoms with Crippen LogP contribution in [0.1, 0.15) is 43.9 Å². The molecule has 1 unspecified atom stereocenters. The minimum Gasteiger partial charge on any atom is -0.356 e. The van der Waals surface area contributed by atoms with E-state index in [9.17, 15) is 0 Å². The highest BCUT2D eigenvalue weighted by atomic mass is 15.2. The first-order valence-electron chi connectivity index (χ1n) is 7.71. The van der Waals surface area contributed by atoms with Crippen LogP contribution in [0.5, 0.6) is 0 Å². The molecule has 2 aliphatic rings. The number of nitrogens with zero attached hydrogens (tertiary/aromatic N) is 2. The zero-order valence-electron chi connectivity index (χ0n) is 12.2. The fourth-order valence-electron chi connectivity index (χ4n) is 2.86. The largest absolute Gasteiger partial charge is 0.356 e. The van der Waals surface area contributed by atoms with Crippen LogP contribution in [-0.4, -0.2) is 24.1 Å². The number of hydrogen-bond donors (Lipinski definition) is 1. The summed E-state index contributed by atoms with van der Waals surface area (Å²) in [5, 5.41) is 3.57. The minimum absolute atomic E-state index is 0.767. The van der Waals surface area contributed by atoms with E-state index in [0.29, 0.717) is 0 Å². The van der Waals surface area contributed by atoms with Crippen molar-refractivity contribution >= 4 is 5.82 Å². The van der Waals surface area contributed by atoms with Crippen LogP contribution in [0.4, 0.5) is 5.82 Å². The predicted octanol–water partition coefficient (Wildman–Crippen LogP) is 2.88. The number of anilines is 1. The summed E-state index contributed by atoms with van der Waals surface area (Å²) < 4.78 is 0. The summed E-state index contributed by atoms with van der Waals surface area (Å²) in [6, 6.07) is 5.23. The van der Waals surface area contributed by atoms with Crippen LogP contribution in [0, 0.1) is 12.8 Å². The summed E-state index contributed by atoms with van der Waals surface area (Å²) in [4.78, 5) is 7.25. The fraction of sp³-hybridized carbons (Fsp3) is 0.688. The van der Waals surface area contributed by atoms with Crippen molar-refractivity contribution in [1.82, 2.24) is 10.3 Å². The molecule has 19 heavy (non-hydrogen) atoms. The second-order valence-electron chi connectivity index (χ2n) is 6.08. The first kappa shape index (κ1) is 12.9. The molecule has 2 fully saturated rings. The highest BCUT2D eigenvalue weighted by molar-refractivity contribution is 5.42. The Kier molecular flexibility index (Phi) is 3.74. The standard InChI is InChI=1S/C16H25N3/c1-3-13-8-9-19(11-13)16-7-4-14(12(2)18-16)10-17-15-5-6-15/h4,7,13,15,17H,3,5-6,8-11H2,1-2H3. The van der Waals surface area contributed by atoms with Gasteiger partial charge in [-0.25, -0.2) is 4.98 Å². The highest BCUT2D eigenvalue weighted by Gasteiger charge is 2.23. The first-order valence-corrected chi connectivity index (χ1v) is 7.71. The van der Waals surface area contributed by atoms with Gasteiger partial charge in [0.05, 0.1) is 0 Å². The van der Waals surface area contributed by atoms with E-state index >= 15 is 0 Å². The molecule has 104 valence electrons. The number of pyridine rings is 1. The lowest BCUT2D eigenvalue weighted by Crippen LogP contribution is -2.22. The third-order valence-electron chi connectivity index (χ3n) is 4.53. The molecule has 1 saturated carbocycles. The maximum atomic E-state index is 4.81. The lowest BCUT2D eigenvalue weighted by Gasteiger charge is -2.19. The number of aromatic nitrogens is 1. The van der Waals surface area contributed by atoms with E-state index in [2.05, 4.69) is 36.2 Å². The van der Waals surface area contributed by atoms with Crippen LogP contribution in [0.2, 0.25) is 0 Å². The molecule has 3 heteroatoms. The Morgan fingerprint density at radius 1 is 1.32 bits per heavy atom. The Balaban J connectivity index is 1.64. The molecule has 0 radical (unpaired) electrons. The normalized spacial score (nSPS) is 23.1. The van der Waals surface area contributed by atoms with Crippen molar-refractivity contribution < 1.29 is 0 Å². The maximum Gasteiger partial charge on any atom is 0.128 e. The zero-order chi connectivity index (χ0) is 13.2. The van der Waals surface area contributed by atoms with Gasteiger partial charge in [0.15, 0.2) is 0 Å². The monoisotopic (exact) mass is 259 g/mol. The SMILES string of the molecule is CCC1CCN(c2ccc(CNC3CC3)c(C)n2)C1. The van der Waals surface area contributed by atoms with Crippen LogP contribution < -0.4 is 10.2 Å². The van der Waals surface area contributed by atoms with Gasteiger partial charge < -0.3 is 10.2 Å². The van der Waals surface area contributed by atoms with Gasteiger partial charge >= 0.3 is 0 Å². The van der Waals surface area contributed by atoms with Crippen LogP contribution in [0.3, 0.4) is 0 Å². The average Bonchev–Trinajstić information content (AvgIpc) is 3.12. The molecule has 1 aliphatic heterocycles. The summed E-state index contributed by atoms with van der Waals surface area (Å²) in [6.45, 7) is 7.76. The summed E-state index contributed by atoms with van der Waals surface area (Å²) in [7, 11) is 0. The Morgan fingerprint density at radius 2 is 2.16 bits per heavy atom. The molecule has 0 amide bonds. The lowest BCUT2D eigenvalue weighted by atomic mass is 10.1. The summed E-state index contributed by atoms with van der Waals surface area (Å²) in [5.41, 5.74) is 2.53. The zero-order valence-corrected chi connectivity index (χ0v) is 12.2. The van der Waals surface area contributed by atoms with Crippen molar-refractivity contribution in [3.05, 3.63) is 23.4 Å². The second kappa shape index (κ2) is 5.49. The molecular weight excluding hydrogens is 234 g/mol. The summed E-state index contributed by atoms with van der Waals surface area (Å²) >= 11 is 0. The van der Waals surface area contributed by atoms with Crippen LogP contribution in [0.25, 0.3) is 0 Å². The summed E-state index contributed by atoms with van der Waals surface area (Å²) in [6.07, 6.45) is 5.30. The lowest BCUT2D eigenvalue weighted by molar-refractivity contribution is 0.568. The second-order valence-corrected chi connectivity index (χ2v) is 6.08. The fourth-order valence-corrected chi connectivity index (χ4v) is 2.86. The van der Waals surface area contributed by atoms with Crippen molar-refractivity contribution in [1.29, 1.82) is 0 Å². The molecule has 1 atom stereocenters. The molecule has 0 aromatic carbocycles. The van der Waals surface area contributed by atoms with E-state index in [1.54, 1.807) is 0 Å². The average molecular weight is 259 g/mol. The number of aryl methyl sites for hydroxylation is 1. The van der Waals surface area contributed by atoms with Crippen molar-refractivity contribution in [2.45, 2.75) is 52.1 Å². The predicted molar refractivity (Wildman–Crippen MR) is 79.4 cm³/mol. The van der Waals surface area contributed by atoms with E-state index in [4.69, 9.17) is 4.98 Å². The molecule has 1 aromatic rings. The molecule has 1 aliphatic carbocycles. The van der Waals surface area contributed by atoms with E-state index in [1.165, 1.54) is 55.8 Å². The van der Waals surface area contributed by atoms with Gasteiger partial charge in [-0.15, -0.1) is 0 Å². The van der Waals surface area contributed by atoms with Gasteiger partial charge in [-0.1, -0.05) is 19.4 Å². The molecule has 0 spiro atoms. The minimum atomic E-state index is 0.767. The molecule has 3 rings (SSSR count). The molecule has 3 nitrogen and oxygen atoms in total. The molecule has 1 N–H and O–H groups in total. The third kappa shape index (κ3) is 3.08. The highest BCUT2D eigenvalue weighted by Crippen LogP contribution is 2.25. The van der Waals surface area contributed by atoms with Crippen molar-refractivity contribution in [2.24, 2.45) is 5.92 Å². The van der Waals surface area contributed by atoms with E-state index < -0.39 is 0 Å². The van der Waals surface area contributed by atoms with Crippen molar-refractivity contribution in [3.8, 4) is 0 Å². The van der Waals surface area contributed by atoms with Gasteiger partial charge in [0.25, 0.3) is 0 Å². The van der Waals surface area contributed by atoms with E-state index in [-0.39, 0.29) is 0 Å². The topological polar surface area (TPSA) is 28.2 Å². The number of nitrogens with one attached hydrogen (secondary N) is 1. The van der Waals surface area contributed by atoms with Gasteiger partial charge in [-0.05, 0) is 43.7 Å². The molecular formula is C16H25N3. The Bertz CT molecular complexity index is 440. The van der Waals surface area contributed by atoms with Gasteiger partial charge in [-0.3, -0.25) is 0 Å². The molecule has 0 bridgehead atoms. The quantitative estimate of drug-likeness (QED) is 0.881. The Hall–Kier alpha value is -1.09. The molecule has 2 heterocycles. The first-order chi connectivity index (χ1) is 9.26. The van der Waals surface area contributed by atoms with Crippen LogP contribution in [-0.2, 0) is 6.54 Å². The van der Waals surface area contributed by atoms with Gasteiger partial charge in [0, 0.05) is 31.4 Å². The van der Waals surface area contributed by atoms with E-state index in [1.807, 2.05) is 0 Å². The summed E-state index contributed by atoms with van der Waals surface area (Å²) in [5.74, 6) is 2.03. The van der Waals surface area contributed by atoms with Crippen molar-refractivity contribution in [3.63, 3.8) is 0 Å². The maximum absolute atomic E-state index is 4.81. The Morgan fingerprint density at radius 3 is 2.79 bits per heavy atom.